The average Bonchev–Trinajstić information content (AvgIpc) is 2.46. The average molecular weight is 270 g/mol. The summed E-state index contributed by atoms with van der Waals surface area (Å²) in [4.78, 5) is 0. The van der Waals surface area contributed by atoms with Gasteiger partial charge in [-0.15, -0.1) is 0 Å². The highest BCUT2D eigenvalue weighted by Gasteiger charge is 2.34. The Balaban J connectivity index is 2.17. The summed E-state index contributed by atoms with van der Waals surface area (Å²) >= 11 is 0. The van der Waals surface area contributed by atoms with Gasteiger partial charge < -0.3 is 14.2 Å². The summed E-state index contributed by atoms with van der Waals surface area (Å²) in [6.45, 7) is 4.40. The zero-order chi connectivity index (χ0) is 14.3. The fourth-order valence-electron chi connectivity index (χ4n) is 2.72. The van der Waals surface area contributed by atoms with Crippen LogP contribution < -0.4 is 14.2 Å². The van der Waals surface area contributed by atoms with Gasteiger partial charge in [0.05, 0.1) is 14.2 Å². The molecule has 0 atom stereocenters. The number of rotatable bonds is 2. The van der Waals surface area contributed by atoms with Crippen LogP contribution in [0.5, 0.6) is 23.0 Å². The third-order valence-corrected chi connectivity index (χ3v) is 3.94. The van der Waals surface area contributed by atoms with Gasteiger partial charge in [0.1, 0.15) is 23.0 Å². The van der Waals surface area contributed by atoms with Crippen LogP contribution in [0, 0.1) is 0 Å². The third kappa shape index (κ3) is 1.82. The maximum atomic E-state index is 6.04. The Morgan fingerprint density at radius 3 is 1.65 bits per heavy atom. The van der Waals surface area contributed by atoms with Crippen LogP contribution in [0.25, 0.3) is 0 Å². The standard InChI is InChI=1S/C17H18O3/c1-17(2)13-7-5-11(18-3)9-15(13)20-16-10-12(19-4)6-8-14(16)17/h5-10H,1-4H3. The van der Waals surface area contributed by atoms with Crippen LogP contribution in [-0.4, -0.2) is 14.2 Å². The molecule has 20 heavy (non-hydrogen) atoms. The predicted molar refractivity (Wildman–Crippen MR) is 78.2 cm³/mol. The fraction of sp³-hybridized carbons (Fsp3) is 0.294. The Morgan fingerprint density at radius 1 is 0.800 bits per heavy atom. The van der Waals surface area contributed by atoms with Crippen LogP contribution in [0.3, 0.4) is 0 Å². The van der Waals surface area contributed by atoms with E-state index in [9.17, 15) is 0 Å². The molecular weight excluding hydrogens is 252 g/mol. The Kier molecular flexibility index (Phi) is 2.85. The summed E-state index contributed by atoms with van der Waals surface area (Å²) in [5.74, 6) is 3.28. The summed E-state index contributed by atoms with van der Waals surface area (Å²) in [6.07, 6.45) is 0. The lowest BCUT2D eigenvalue weighted by Crippen LogP contribution is -2.24. The second-order valence-electron chi connectivity index (χ2n) is 5.45. The van der Waals surface area contributed by atoms with Crippen molar-refractivity contribution in [3.63, 3.8) is 0 Å². The largest absolute Gasteiger partial charge is 0.497 e. The SMILES string of the molecule is COc1ccc2c(c1)Oc1cc(OC)ccc1C2(C)C. The van der Waals surface area contributed by atoms with E-state index in [1.807, 2.05) is 24.3 Å². The van der Waals surface area contributed by atoms with E-state index in [0.717, 1.165) is 34.1 Å². The predicted octanol–water partition coefficient (Wildman–Crippen LogP) is 4.14. The van der Waals surface area contributed by atoms with Crippen LogP contribution >= 0.6 is 0 Å². The molecule has 0 fully saturated rings. The maximum Gasteiger partial charge on any atom is 0.135 e. The van der Waals surface area contributed by atoms with Gasteiger partial charge in [-0.2, -0.15) is 0 Å². The molecule has 0 aliphatic carbocycles. The lowest BCUT2D eigenvalue weighted by Gasteiger charge is -2.34. The second kappa shape index (κ2) is 4.44. The van der Waals surface area contributed by atoms with Crippen molar-refractivity contribution in [2.45, 2.75) is 19.3 Å². The summed E-state index contributed by atoms with van der Waals surface area (Å²) in [7, 11) is 3.32. The molecule has 0 saturated carbocycles. The number of benzene rings is 2. The van der Waals surface area contributed by atoms with Crippen LogP contribution in [0.4, 0.5) is 0 Å². The molecule has 0 unspecified atom stereocenters. The quantitative estimate of drug-likeness (QED) is 0.821. The minimum absolute atomic E-state index is 0.110. The smallest absolute Gasteiger partial charge is 0.135 e. The molecule has 0 radical (unpaired) electrons. The molecular formula is C17H18O3. The summed E-state index contributed by atoms with van der Waals surface area (Å²) in [5.41, 5.74) is 2.22. The van der Waals surface area contributed by atoms with Gasteiger partial charge >= 0.3 is 0 Å². The second-order valence-corrected chi connectivity index (χ2v) is 5.45. The number of fused-ring (bicyclic) bond motifs is 2. The molecule has 0 spiro atoms. The van der Waals surface area contributed by atoms with E-state index in [0.29, 0.717) is 0 Å². The van der Waals surface area contributed by atoms with Crippen molar-refractivity contribution < 1.29 is 14.2 Å². The first-order chi connectivity index (χ1) is 9.56. The molecule has 3 heteroatoms. The molecule has 1 heterocycles. The lowest BCUT2D eigenvalue weighted by molar-refractivity contribution is 0.386. The molecule has 1 aliphatic heterocycles. The minimum atomic E-state index is -0.110. The Labute approximate surface area is 119 Å². The van der Waals surface area contributed by atoms with Crippen LogP contribution in [-0.2, 0) is 5.41 Å². The van der Waals surface area contributed by atoms with Crippen molar-refractivity contribution in [1.29, 1.82) is 0 Å². The van der Waals surface area contributed by atoms with Crippen LogP contribution in [0.2, 0.25) is 0 Å². The minimum Gasteiger partial charge on any atom is -0.497 e. The van der Waals surface area contributed by atoms with Gasteiger partial charge in [0.15, 0.2) is 0 Å². The molecule has 1 aliphatic rings. The Bertz CT molecular complexity index is 604. The van der Waals surface area contributed by atoms with Crippen molar-refractivity contribution in [3.05, 3.63) is 47.5 Å². The zero-order valence-corrected chi connectivity index (χ0v) is 12.2. The molecule has 0 amide bonds. The summed E-state index contributed by atoms with van der Waals surface area (Å²) in [6, 6.07) is 11.9. The topological polar surface area (TPSA) is 27.7 Å². The Morgan fingerprint density at radius 2 is 1.25 bits per heavy atom. The number of methoxy groups -OCH3 is 2. The van der Waals surface area contributed by atoms with E-state index in [-0.39, 0.29) is 5.41 Å². The summed E-state index contributed by atoms with van der Waals surface area (Å²) in [5, 5.41) is 0. The molecule has 2 aromatic carbocycles. The van der Waals surface area contributed by atoms with Crippen molar-refractivity contribution in [2.75, 3.05) is 14.2 Å². The maximum absolute atomic E-state index is 6.04. The summed E-state index contributed by atoms with van der Waals surface area (Å²) < 4.78 is 16.6. The molecule has 3 nitrogen and oxygen atoms in total. The monoisotopic (exact) mass is 270 g/mol. The lowest BCUT2D eigenvalue weighted by atomic mass is 9.76. The van der Waals surface area contributed by atoms with Crippen molar-refractivity contribution in [1.82, 2.24) is 0 Å². The third-order valence-electron chi connectivity index (χ3n) is 3.94. The van der Waals surface area contributed by atoms with Gasteiger partial charge in [0, 0.05) is 28.7 Å². The first kappa shape index (κ1) is 12.9. The van der Waals surface area contributed by atoms with E-state index < -0.39 is 0 Å². The molecule has 0 saturated heterocycles. The highest BCUT2D eigenvalue weighted by Crippen LogP contribution is 2.49. The Hall–Kier alpha value is -2.16. The highest BCUT2D eigenvalue weighted by molar-refractivity contribution is 5.59. The highest BCUT2D eigenvalue weighted by atomic mass is 16.5. The molecule has 104 valence electrons. The van der Waals surface area contributed by atoms with E-state index in [4.69, 9.17) is 14.2 Å². The van der Waals surface area contributed by atoms with Gasteiger partial charge in [-0.3, -0.25) is 0 Å². The number of ether oxygens (including phenoxy) is 3. The zero-order valence-electron chi connectivity index (χ0n) is 12.2. The molecule has 2 aromatic rings. The van der Waals surface area contributed by atoms with Crippen molar-refractivity contribution in [3.8, 4) is 23.0 Å². The number of hydrogen-bond acceptors (Lipinski definition) is 3. The van der Waals surface area contributed by atoms with Gasteiger partial charge in [-0.1, -0.05) is 26.0 Å². The van der Waals surface area contributed by atoms with Gasteiger partial charge in [-0.05, 0) is 12.1 Å². The van der Waals surface area contributed by atoms with Gasteiger partial charge in [-0.25, -0.2) is 0 Å². The molecule has 0 aromatic heterocycles. The number of hydrogen-bond donors (Lipinski definition) is 0. The first-order valence-corrected chi connectivity index (χ1v) is 6.61. The van der Waals surface area contributed by atoms with E-state index in [1.165, 1.54) is 0 Å². The fourth-order valence-corrected chi connectivity index (χ4v) is 2.72. The molecule has 0 bridgehead atoms. The van der Waals surface area contributed by atoms with E-state index in [2.05, 4.69) is 26.0 Å². The van der Waals surface area contributed by atoms with Gasteiger partial charge in [0.25, 0.3) is 0 Å². The van der Waals surface area contributed by atoms with Crippen LogP contribution in [0.1, 0.15) is 25.0 Å². The van der Waals surface area contributed by atoms with Crippen molar-refractivity contribution in [2.24, 2.45) is 0 Å². The van der Waals surface area contributed by atoms with E-state index >= 15 is 0 Å². The normalized spacial score (nSPS) is 14.8. The van der Waals surface area contributed by atoms with Gasteiger partial charge in [0.2, 0.25) is 0 Å². The van der Waals surface area contributed by atoms with E-state index in [1.54, 1.807) is 14.2 Å². The molecule has 0 N–H and O–H groups in total. The molecule has 3 rings (SSSR count). The van der Waals surface area contributed by atoms with Crippen LogP contribution in [0.15, 0.2) is 36.4 Å². The van der Waals surface area contributed by atoms with Crippen molar-refractivity contribution >= 4 is 0 Å². The first-order valence-electron chi connectivity index (χ1n) is 6.61.